The quantitative estimate of drug-likeness (QED) is 0.0883. The number of pyridine rings is 7. The zero-order valence-electron chi connectivity index (χ0n) is 66.5. The topological polar surface area (TPSA) is 315 Å². The van der Waals surface area contributed by atoms with E-state index in [2.05, 4.69) is 169 Å². The molecule has 20 aromatic rings. The van der Waals surface area contributed by atoms with Gasteiger partial charge < -0.3 is 22.9 Å². The van der Waals surface area contributed by atoms with Gasteiger partial charge in [-0.15, -0.1) is 0 Å². The first-order valence-electron chi connectivity index (χ1n) is 41.4. The minimum absolute atomic E-state index is 0.488. The number of hydrogen-bond donors (Lipinski definition) is 4. The minimum Gasteiger partial charge on any atom is -0.382 e. The van der Waals surface area contributed by atoms with Crippen molar-refractivity contribution >= 4 is 88.9 Å². The summed E-state index contributed by atoms with van der Waals surface area (Å²) in [6, 6.07) is 63.7. The van der Waals surface area contributed by atoms with E-state index in [-0.39, 0.29) is 0 Å². The Bertz CT molecular complexity index is 6820. The molecule has 24 rings (SSSR count). The molecule has 590 valence electrons. The number of fused-ring (bicyclic) bond motifs is 8. The molecule has 0 radical (unpaired) electrons. The number of imidazole rings is 4. The van der Waals surface area contributed by atoms with Gasteiger partial charge in [-0.2, -0.15) is 0 Å². The van der Waals surface area contributed by atoms with Crippen molar-refractivity contribution in [2.45, 2.75) is 108 Å². The first-order chi connectivity index (χ1) is 59.5. The zero-order chi connectivity index (χ0) is 81.2. The SMILES string of the molecule is Cc1cc(-c2ccccc2)nc2cc(-c3nc(C4CCC4)n4ccnc(N)c34)ccc12.Nc1nccn2c(C3CCC3)nc(-c3ccc4ccc(-c5ccccn5)nc4c3)c12.Nc1nccn2c(C3CCC3)nc(-c3ccc4ccc(-c5cccnc5)nc4c3)c12.Nc1nccn2c(C3CCC3)nc(-c3ccc4ccc(-c5ccncc5)nc4c3)c12. The summed E-state index contributed by atoms with van der Waals surface area (Å²) in [5.74, 6) is 8.31. The molecule has 0 saturated heterocycles. The second-order valence-electron chi connectivity index (χ2n) is 31.8. The largest absolute Gasteiger partial charge is 0.382 e. The molecule has 0 aliphatic heterocycles. The van der Waals surface area contributed by atoms with E-state index in [0.717, 1.165) is 179 Å². The van der Waals surface area contributed by atoms with Gasteiger partial charge in [0.1, 0.15) is 91.4 Å². The van der Waals surface area contributed by atoms with Crippen molar-refractivity contribution < 1.29 is 0 Å². The highest BCUT2D eigenvalue weighted by atomic mass is 15.1. The normalized spacial score (nSPS) is 14.3. The molecule has 5 aromatic carbocycles. The first-order valence-corrected chi connectivity index (χ1v) is 41.4. The van der Waals surface area contributed by atoms with Gasteiger partial charge in [-0.05, 0) is 149 Å². The lowest BCUT2D eigenvalue weighted by Crippen LogP contribution is -2.12. The highest BCUT2D eigenvalue weighted by molar-refractivity contribution is 5.96. The Kier molecular flexibility index (Phi) is 18.9. The molecular formula is C98H83N23. The summed E-state index contributed by atoms with van der Waals surface area (Å²) in [4.78, 5) is 69.8. The molecule has 23 heteroatoms. The predicted octanol–water partition coefficient (Wildman–Crippen LogP) is 20.3. The van der Waals surface area contributed by atoms with Gasteiger partial charge in [0.25, 0.3) is 0 Å². The fourth-order valence-corrected chi connectivity index (χ4v) is 17.1. The van der Waals surface area contributed by atoms with E-state index in [9.17, 15) is 0 Å². The lowest BCUT2D eigenvalue weighted by atomic mass is 9.85. The molecule has 4 saturated carbocycles. The van der Waals surface area contributed by atoms with Crippen molar-refractivity contribution in [1.82, 2.24) is 92.4 Å². The van der Waals surface area contributed by atoms with E-state index in [1.807, 2.05) is 110 Å². The van der Waals surface area contributed by atoms with Crippen LogP contribution in [0.5, 0.6) is 0 Å². The summed E-state index contributed by atoms with van der Waals surface area (Å²) in [6.45, 7) is 2.14. The van der Waals surface area contributed by atoms with Crippen LogP contribution in [-0.2, 0) is 0 Å². The zero-order valence-corrected chi connectivity index (χ0v) is 66.5. The van der Waals surface area contributed by atoms with Crippen LogP contribution in [0.25, 0.3) is 156 Å². The molecule has 0 bridgehead atoms. The summed E-state index contributed by atoms with van der Waals surface area (Å²) in [5.41, 5.74) is 48.8. The number of aryl methyl sites for hydroxylation is 1. The Hall–Kier alpha value is -15.1. The van der Waals surface area contributed by atoms with Gasteiger partial charge in [-0.1, -0.05) is 129 Å². The van der Waals surface area contributed by atoms with E-state index < -0.39 is 0 Å². The average Bonchev–Trinajstić information content (AvgIpc) is 1.65. The smallest absolute Gasteiger partial charge is 0.150 e. The number of hydrogen-bond acceptors (Lipinski definition) is 19. The molecule has 8 N–H and O–H groups in total. The third kappa shape index (κ3) is 13.8. The Morgan fingerprint density at radius 3 is 1.05 bits per heavy atom. The van der Waals surface area contributed by atoms with Crippen molar-refractivity contribution in [2.75, 3.05) is 22.9 Å². The second-order valence-corrected chi connectivity index (χ2v) is 31.8. The Balaban J connectivity index is 0.0000000996. The molecule has 15 heterocycles. The van der Waals surface area contributed by atoms with Crippen LogP contribution in [0.1, 0.15) is 130 Å². The van der Waals surface area contributed by atoms with Gasteiger partial charge in [-0.25, -0.2) is 59.8 Å². The van der Waals surface area contributed by atoms with Gasteiger partial charge >= 0.3 is 0 Å². The summed E-state index contributed by atoms with van der Waals surface area (Å²) in [7, 11) is 0. The average molecular weight is 1580 g/mol. The van der Waals surface area contributed by atoms with E-state index in [4.69, 9.17) is 62.8 Å². The maximum Gasteiger partial charge on any atom is 0.150 e. The third-order valence-corrected chi connectivity index (χ3v) is 24.4. The summed E-state index contributed by atoms with van der Waals surface area (Å²) < 4.78 is 8.48. The Morgan fingerprint density at radius 1 is 0.273 bits per heavy atom. The van der Waals surface area contributed by atoms with Crippen LogP contribution in [0.15, 0.2) is 269 Å². The van der Waals surface area contributed by atoms with Gasteiger partial charge in [0, 0.05) is 165 Å². The van der Waals surface area contributed by atoms with E-state index in [1.165, 1.54) is 82.6 Å². The molecule has 4 aliphatic carbocycles. The molecular weight excluding hydrogens is 1500 g/mol. The lowest BCUT2D eigenvalue weighted by molar-refractivity contribution is 0.400. The Labute approximate surface area is 695 Å². The van der Waals surface area contributed by atoms with Gasteiger partial charge in [0.15, 0.2) is 0 Å². The molecule has 23 nitrogen and oxygen atoms in total. The number of nitrogens with two attached hydrogens (primary N) is 4. The molecule has 0 unspecified atom stereocenters. The fourth-order valence-electron chi connectivity index (χ4n) is 17.1. The van der Waals surface area contributed by atoms with Crippen LogP contribution in [0.3, 0.4) is 0 Å². The van der Waals surface area contributed by atoms with E-state index in [1.54, 1.807) is 49.6 Å². The maximum atomic E-state index is 6.32. The second kappa shape index (κ2) is 31.1. The number of nitrogen functional groups attached to an aromatic ring is 4. The molecule has 0 atom stereocenters. The third-order valence-electron chi connectivity index (χ3n) is 24.4. The highest BCUT2D eigenvalue weighted by Crippen LogP contribution is 2.45. The van der Waals surface area contributed by atoms with Crippen LogP contribution in [0, 0.1) is 6.92 Å². The monoisotopic (exact) mass is 1580 g/mol. The van der Waals surface area contributed by atoms with E-state index >= 15 is 0 Å². The van der Waals surface area contributed by atoms with Crippen molar-refractivity contribution in [3.8, 4) is 90.2 Å². The fraction of sp³-hybridized carbons (Fsp3) is 0.173. The van der Waals surface area contributed by atoms with Crippen molar-refractivity contribution in [1.29, 1.82) is 0 Å². The number of rotatable bonds is 12. The standard InChI is InChI=1S/C26H23N5.3C24H20N6/c1-16-14-21(17-6-3-2-4-7-17)29-22-15-19(10-11-20(16)22)23-24-25(27)28-12-13-31(24)26(30-23)18-8-5-9-18;25-23-22-21(29-24(16-3-1-4-16)30(22)12-11-27-23)17-7-6-15-8-9-19(28-20(15)13-17)18-5-2-10-26-14-18;25-23-22-21(29-24(16-4-3-5-16)30(22)13-12-27-23)17-8-7-15-9-10-19(28-20(15)14-17)18-6-1-2-11-26-18;25-23-22-21(29-24(17-2-1-3-17)30(22)13-12-27-23)18-5-4-15-6-7-19(28-20(15)14-18)16-8-10-26-11-9-16/h2-4,6-7,10-15,18H,5,8-9H2,1H3,(H2,27,28);2,5-14,16H,1,3-4H2,(H2,25,27);1-2,6-14,16H,3-5H2,(H2,25,27);4-14,17H,1-3H2,(H2,25,27). The van der Waals surface area contributed by atoms with Gasteiger partial charge in [-0.3, -0.25) is 32.6 Å². The number of nitrogens with zero attached hydrogens (tertiary/aromatic N) is 19. The molecule has 4 aliphatic rings. The molecule has 0 amide bonds. The molecule has 15 aromatic heterocycles. The number of aromatic nitrogens is 19. The van der Waals surface area contributed by atoms with Crippen molar-refractivity contribution in [2.24, 2.45) is 0 Å². The lowest BCUT2D eigenvalue weighted by Gasteiger charge is -2.23. The van der Waals surface area contributed by atoms with Crippen molar-refractivity contribution in [3.63, 3.8) is 0 Å². The van der Waals surface area contributed by atoms with E-state index in [0.29, 0.717) is 46.9 Å². The van der Waals surface area contributed by atoms with Crippen molar-refractivity contribution in [3.05, 3.63) is 297 Å². The van der Waals surface area contributed by atoms with Gasteiger partial charge in [0.05, 0.1) is 50.5 Å². The number of benzene rings is 5. The predicted molar refractivity (Wildman–Crippen MR) is 479 cm³/mol. The molecule has 0 spiro atoms. The number of anilines is 4. The van der Waals surface area contributed by atoms with Crippen LogP contribution in [-0.4, -0.2) is 92.4 Å². The van der Waals surface area contributed by atoms with Crippen LogP contribution in [0.4, 0.5) is 23.3 Å². The first kappa shape index (κ1) is 73.5. The minimum atomic E-state index is 0.488. The van der Waals surface area contributed by atoms with Crippen LogP contribution in [0.2, 0.25) is 0 Å². The summed E-state index contributed by atoms with van der Waals surface area (Å²) in [5, 5.41) is 4.40. The highest BCUT2D eigenvalue weighted by Gasteiger charge is 2.32. The summed E-state index contributed by atoms with van der Waals surface area (Å²) >= 11 is 0. The Morgan fingerprint density at radius 2 is 0.645 bits per heavy atom. The van der Waals surface area contributed by atoms with Gasteiger partial charge in [0.2, 0.25) is 0 Å². The van der Waals surface area contributed by atoms with Crippen LogP contribution < -0.4 is 22.9 Å². The summed E-state index contributed by atoms with van der Waals surface area (Å²) in [6.07, 6.45) is 38.3. The van der Waals surface area contributed by atoms with Crippen LogP contribution >= 0.6 is 0 Å². The molecule has 121 heavy (non-hydrogen) atoms. The molecule has 4 fully saturated rings. The maximum absolute atomic E-state index is 6.32.